The van der Waals surface area contributed by atoms with Crippen LogP contribution in [0.15, 0.2) is 29.3 Å². The summed E-state index contributed by atoms with van der Waals surface area (Å²) in [5.41, 5.74) is 0.801. The zero-order valence-electron chi connectivity index (χ0n) is 15.7. The molecule has 0 saturated carbocycles. The molecular formula is C17H27N5O4S. The van der Waals surface area contributed by atoms with Crippen LogP contribution < -0.4 is 10.6 Å². The van der Waals surface area contributed by atoms with Crippen molar-refractivity contribution in [1.29, 1.82) is 0 Å². The lowest BCUT2D eigenvalue weighted by Crippen LogP contribution is -2.50. The summed E-state index contributed by atoms with van der Waals surface area (Å²) < 4.78 is 25.4. The van der Waals surface area contributed by atoms with Crippen molar-refractivity contribution in [2.75, 3.05) is 25.4 Å². The van der Waals surface area contributed by atoms with Gasteiger partial charge in [0.15, 0.2) is 5.96 Å². The number of guanidine groups is 1. The largest absolute Gasteiger partial charge is 0.357 e. The Morgan fingerprint density at radius 2 is 2.04 bits per heavy atom. The van der Waals surface area contributed by atoms with Gasteiger partial charge in [-0.3, -0.25) is 10.1 Å². The van der Waals surface area contributed by atoms with Gasteiger partial charge >= 0.3 is 0 Å². The average molecular weight is 398 g/mol. The first kappa shape index (κ1) is 21.1. The highest BCUT2D eigenvalue weighted by atomic mass is 32.2. The molecule has 1 aromatic carbocycles. The standard InChI is InChI=1S/C17H27N5O4S/c1-3-18-17(19-13-14-6-5-7-16(12-14)22(23)24)20-15-8-10-21(11-9-15)27(25,26)4-2/h5-7,12,15H,3-4,8-11,13H2,1-2H3,(H2,18,19,20). The highest BCUT2D eigenvalue weighted by Gasteiger charge is 2.26. The summed E-state index contributed by atoms with van der Waals surface area (Å²) in [6.07, 6.45) is 1.42. The molecule has 1 aliphatic heterocycles. The van der Waals surface area contributed by atoms with Gasteiger partial charge in [-0.25, -0.2) is 17.7 Å². The number of nitrogens with zero attached hydrogens (tertiary/aromatic N) is 3. The van der Waals surface area contributed by atoms with Crippen molar-refractivity contribution in [3.05, 3.63) is 39.9 Å². The minimum Gasteiger partial charge on any atom is -0.357 e. The number of nitro benzene ring substituents is 1. The molecule has 1 saturated heterocycles. The van der Waals surface area contributed by atoms with Gasteiger partial charge in [0.1, 0.15) is 0 Å². The predicted octanol–water partition coefficient (Wildman–Crippen LogP) is 1.46. The van der Waals surface area contributed by atoms with Crippen LogP contribution in [0.3, 0.4) is 0 Å². The van der Waals surface area contributed by atoms with Crippen LogP contribution in [-0.2, 0) is 16.6 Å². The van der Waals surface area contributed by atoms with Gasteiger partial charge < -0.3 is 10.6 Å². The van der Waals surface area contributed by atoms with E-state index in [2.05, 4.69) is 15.6 Å². The maximum Gasteiger partial charge on any atom is 0.269 e. The number of hydrogen-bond acceptors (Lipinski definition) is 5. The van der Waals surface area contributed by atoms with E-state index in [1.54, 1.807) is 23.4 Å². The van der Waals surface area contributed by atoms with Crippen LogP contribution in [0.25, 0.3) is 0 Å². The average Bonchev–Trinajstić information content (AvgIpc) is 2.67. The summed E-state index contributed by atoms with van der Waals surface area (Å²) in [4.78, 5) is 15.0. The number of piperidine rings is 1. The van der Waals surface area contributed by atoms with Crippen molar-refractivity contribution in [3.8, 4) is 0 Å². The highest BCUT2D eigenvalue weighted by molar-refractivity contribution is 7.89. The molecule has 150 valence electrons. The molecule has 9 nitrogen and oxygen atoms in total. The summed E-state index contributed by atoms with van der Waals surface area (Å²) >= 11 is 0. The Morgan fingerprint density at radius 1 is 1.33 bits per heavy atom. The Bertz CT molecular complexity index is 773. The second-order valence-corrected chi connectivity index (χ2v) is 8.60. The molecule has 0 unspecified atom stereocenters. The molecule has 0 spiro atoms. The van der Waals surface area contributed by atoms with E-state index in [1.807, 2.05) is 6.92 Å². The summed E-state index contributed by atoms with van der Waals surface area (Å²) in [6, 6.07) is 6.55. The molecule has 10 heteroatoms. The molecule has 1 aromatic rings. The maximum absolute atomic E-state index is 11.9. The number of nitrogens with one attached hydrogen (secondary N) is 2. The number of hydrogen-bond donors (Lipinski definition) is 2. The summed E-state index contributed by atoms with van der Waals surface area (Å²) in [6.45, 7) is 5.62. The molecule has 0 amide bonds. The Hall–Kier alpha value is -2.20. The third-order valence-electron chi connectivity index (χ3n) is 4.44. The first-order valence-electron chi connectivity index (χ1n) is 9.11. The highest BCUT2D eigenvalue weighted by Crippen LogP contribution is 2.15. The molecule has 1 heterocycles. The fourth-order valence-corrected chi connectivity index (χ4v) is 4.05. The van der Waals surface area contributed by atoms with Crippen LogP contribution in [0, 0.1) is 10.1 Å². The second-order valence-electron chi connectivity index (χ2n) is 6.34. The maximum atomic E-state index is 11.9. The normalized spacial score (nSPS) is 16.9. The van der Waals surface area contributed by atoms with Crippen molar-refractivity contribution in [1.82, 2.24) is 14.9 Å². The van der Waals surface area contributed by atoms with Gasteiger partial charge in [-0.05, 0) is 32.3 Å². The quantitative estimate of drug-likeness (QED) is 0.311. The smallest absolute Gasteiger partial charge is 0.269 e. The molecule has 2 rings (SSSR count). The number of nitro groups is 1. The van der Waals surface area contributed by atoms with Gasteiger partial charge in [0, 0.05) is 37.8 Å². The van der Waals surface area contributed by atoms with Crippen molar-refractivity contribution >= 4 is 21.7 Å². The van der Waals surface area contributed by atoms with E-state index in [4.69, 9.17) is 0 Å². The zero-order chi connectivity index (χ0) is 19.9. The third-order valence-corrected chi connectivity index (χ3v) is 6.32. The zero-order valence-corrected chi connectivity index (χ0v) is 16.5. The van der Waals surface area contributed by atoms with E-state index < -0.39 is 14.9 Å². The lowest BCUT2D eigenvalue weighted by molar-refractivity contribution is -0.384. The number of benzene rings is 1. The van der Waals surface area contributed by atoms with Crippen LogP contribution in [0.2, 0.25) is 0 Å². The van der Waals surface area contributed by atoms with E-state index in [1.165, 1.54) is 12.1 Å². The summed E-state index contributed by atoms with van der Waals surface area (Å²) in [5.74, 6) is 0.749. The fraction of sp³-hybridized carbons (Fsp3) is 0.588. The Morgan fingerprint density at radius 3 is 2.63 bits per heavy atom. The minimum absolute atomic E-state index is 0.0464. The molecule has 1 fully saturated rings. The summed E-state index contributed by atoms with van der Waals surface area (Å²) in [5, 5.41) is 17.4. The van der Waals surface area contributed by atoms with Crippen LogP contribution >= 0.6 is 0 Å². The first-order valence-corrected chi connectivity index (χ1v) is 10.7. The Kier molecular flexibility index (Phi) is 7.55. The fourth-order valence-electron chi connectivity index (χ4n) is 2.91. The topological polar surface area (TPSA) is 117 Å². The lowest BCUT2D eigenvalue weighted by Gasteiger charge is -2.32. The Labute approximate surface area is 160 Å². The molecule has 0 atom stereocenters. The van der Waals surface area contributed by atoms with Crippen molar-refractivity contribution in [2.45, 2.75) is 39.3 Å². The van der Waals surface area contributed by atoms with Crippen LogP contribution in [0.1, 0.15) is 32.3 Å². The number of sulfonamides is 1. The van der Waals surface area contributed by atoms with Crippen LogP contribution in [0.4, 0.5) is 5.69 Å². The molecule has 0 bridgehead atoms. The van der Waals surface area contributed by atoms with E-state index in [-0.39, 0.29) is 17.5 Å². The predicted molar refractivity (Wildman–Crippen MR) is 105 cm³/mol. The molecule has 27 heavy (non-hydrogen) atoms. The first-order chi connectivity index (χ1) is 12.9. The number of rotatable bonds is 7. The lowest BCUT2D eigenvalue weighted by atomic mass is 10.1. The van der Waals surface area contributed by atoms with Gasteiger partial charge in [-0.2, -0.15) is 0 Å². The van der Waals surface area contributed by atoms with E-state index in [9.17, 15) is 18.5 Å². The van der Waals surface area contributed by atoms with Gasteiger partial charge in [-0.15, -0.1) is 0 Å². The SMILES string of the molecule is CCNC(=NCc1cccc([N+](=O)[O-])c1)NC1CCN(S(=O)(=O)CC)CC1. The molecule has 0 aliphatic carbocycles. The van der Waals surface area contributed by atoms with Crippen molar-refractivity contribution in [3.63, 3.8) is 0 Å². The van der Waals surface area contributed by atoms with Crippen molar-refractivity contribution < 1.29 is 13.3 Å². The van der Waals surface area contributed by atoms with Gasteiger partial charge in [0.25, 0.3) is 5.69 Å². The van der Waals surface area contributed by atoms with Gasteiger partial charge in [0.05, 0.1) is 17.2 Å². The van der Waals surface area contributed by atoms with Gasteiger partial charge in [0.2, 0.25) is 10.0 Å². The third kappa shape index (κ3) is 6.17. The van der Waals surface area contributed by atoms with E-state index >= 15 is 0 Å². The van der Waals surface area contributed by atoms with Crippen LogP contribution in [0.5, 0.6) is 0 Å². The van der Waals surface area contributed by atoms with E-state index in [0.29, 0.717) is 45.0 Å². The monoisotopic (exact) mass is 397 g/mol. The number of non-ortho nitro benzene ring substituents is 1. The van der Waals surface area contributed by atoms with Crippen molar-refractivity contribution in [2.24, 2.45) is 4.99 Å². The minimum atomic E-state index is -3.14. The molecule has 2 N–H and O–H groups in total. The molecule has 0 aromatic heterocycles. The summed E-state index contributed by atoms with van der Waals surface area (Å²) in [7, 11) is -3.14. The van der Waals surface area contributed by atoms with E-state index in [0.717, 1.165) is 5.56 Å². The molecule has 0 radical (unpaired) electrons. The second kappa shape index (κ2) is 9.65. The molecular weight excluding hydrogens is 370 g/mol. The van der Waals surface area contributed by atoms with Gasteiger partial charge in [-0.1, -0.05) is 12.1 Å². The molecule has 1 aliphatic rings. The number of aliphatic imine (C=N–C) groups is 1. The van der Waals surface area contributed by atoms with Crippen LogP contribution in [-0.4, -0.2) is 55.0 Å². The Balaban J connectivity index is 1.96.